The van der Waals surface area contributed by atoms with Gasteiger partial charge >= 0.3 is 0 Å². The van der Waals surface area contributed by atoms with Gasteiger partial charge in [-0.15, -0.1) is 0 Å². The Hall–Kier alpha value is -3.78. The number of hydrogen-bond donors (Lipinski definition) is 0. The van der Waals surface area contributed by atoms with E-state index in [9.17, 15) is 0 Å². The molecule has 1 atom stereocenters. The molecule has 0 aliphatic carbocycles. The van der Waals surface area contributed by atoms with Crippen LogP contribution >= 0.6 is 0 Å². The number of benzene rings is 1. The minimum atomic E-state index is -0.0437. The topological polar surface area (TPSA) is 81.6 Å². The number of morpholine rings is 1. The van der Waals surface area contributed by atoms with Crippen molar-refractivity contribution in [2.45, 2.75) is 26.3 Å². The fourth-order valence-electron chi connectivity index (χ4n) is 4.54. The summed E-state index contributed by atoms with van der Waals surface area (Å²) in [6, 6.07) is 10.3. The van der Waals surface area contributed by atoms with E-state index in [-0.39, 0.29) is 6.04 Å². The summed E-state index contributed by atoms with van der Waals surface area (Å²) in [4.78, 5) is 16.7. The molecule has 0 bridgehead atoms. The molecule has 5 heterocycles. The summed E-state index contributed by atoms with van der Waals surface area (Å²) in [5.74, 6) is 2.15. The first-order valence-corrected chi connectivity index (χ1v) is 11.6. The SMILES string of the molecule is Cc1cccc(-c2ccn(-c3nc(N4CCOCC4)c4oc(C5CC=CC=N5)c(C)c4n3)n2)c1. The van der Waals surface area contributed by atoms with Gasteiger partial charge in [-0.1, -0.05) is 29.8 Å². The van der Waals surface area contributed by atoms with Gasteiger partial charge in [0.25, 0.3) is 5.95 Å². The van der Waals surface area contributed by atoms with Crippen LogP contribution in [0.15, 0.2) is 58.1 Å². The van der Waals surface area contributed by atoms with Gasteiger partial charge in [0.15, 0.2) is 11.4 Å². The summed E-state index contributed by atoms with van der Waals surface area (Å²) in [5.41, 5.74) is 5.65. The number of furan rings is 1. The van der Waals surface area contributed by atoms with Crippen LogP contribution in [-0.4, -0.2) is 52.3 Å². The Balaban J connectivity index is 1.48. The van der Waals surface area contributed by atoms with E-state index in [0.29, 0.717) is 24.7 Å². The molecule has 1 aromatic carbocycles. The number of ether oxygens (including phenoxy) is 1. The van der Waals surface area contributed by atoms with E-state index in [1.807, 2.05) is 30.6 Å². The van der Waals surface area contributed by atoms with Crippen LogP contribution in [0.4, 0.5) is 5.82 Å². The zero-order valence-corrected chi connectivity index (χ0v) is 19.3. The summed E-state index contributed by atoms with van der Waals surface area (Å²) in [6.45, 7) is 6.94. The summed E-state index contributed by atoms with van der Waals surface area (Å²) >= 11 is 0. The Morgan fingerprint density at radius 2 is 1.94 bits per heavy atom. The summed E-state index contributed by atoms with van der Waals surface area (Å²) in [7, 11) is 0. The molecular weight excluding hydrogens is 428 g/mol. The van der Waals surface area contributed by atoms with Crippen molar-refractivity contribution < 1.29 is 9.15 Å². The Labute approximate surface area is 197 Å². The Morgan fingerprint density at radius 1 is 1.06 bits per heavy atom. The van der Waals surface area contributed by atoms with Crippen molar-refractivity contribution in [1.82, 2.24) is 19.7 Å². The number of dihydropyridines is 1. The molecule has 3 aromatic heterocycles. The van der Waals surface area contributed by atoms with Crippen LogP contribution in [0.1, 0.15) is 29.3 Å². The molecule has 34 heavy (non-hydrogen) atoms. The average Bonchev–Trinajstić information content (AvgIpc) is 3.50. The van der Waals surface area contributed by atoms with Gasteiger partial charge in [0, 0.05) is 36.6 Å². The normalized spacial score (nSPS) is 18.2. The zero-order chi connectivity index (χ0) is 23.1. The van der Waals surface area contributed by atoms with E-state index in [2.05, 4.69) is 48.0 Å². The van der Waals surface area contributed by atoms with Crippen molar-refractivity contribution in [3.63, 3.8) is 0 Å². The fraction of sp³-hybridized carbons (Fsp3) is 0.308. The van der Waals surface area contributed by atoms with Gasteiger partial charge in [-0.3, -0.25) is 4.99 Å². The smallest absolute Gasteiger partial charge is 0.253 e. The number of aromatic nitrogens is 4. The van der Waals surface area contributed by atoms with Crippen molar-refractivity contribution in [1.29, 1.82) is 0 Å². The molecule has 0 N–H and O–H groups in total. The maximum Gasteiger partial charge on any atom is 0.253 e. The van der Waals surface area contributed by atoms with Crippen molar-refractivity contribution in [3.05, 3.63) is 65.6 Å². The number of hydrogen-bond acceptors (Lipinski definition) is 7. The fourth-order valence-corrected chi connectivity index (χ4v) is 4.54. The molecule has 1 unspecified atom stereocenters. The van der Waals surface area contributed by atoms with Crippen LogP contribution < -0.4 is 4.90 Å². The van der Waals surface area contributed by atoms with E-state index in [1.54, 1.807) is 4.68 Å². The lowest BCUT2D eigenvalue weighted by atomic mass is 10.1. The first-order valence-electron chi connectivity index (χ1n) is 11.6. The third kappa shape index (κ3) is 3.70. The van der Waals surface area contributed by atoms with E-state index in [4.69, 9.17) is 24.2 Å². The van der Waals surface area contributed by atoms with Gasteiger partial charge in [0.1, 0.15) is 17.3 Å². The van der Waals surface area contributed by atoms with Gasteiger partial charge in [-0.2, -0.15) is 10.1 Å². The second-order valence-electron chi connectivity index (χ2n) is 8.71. The first kappa shape index (κ1) is 20.8. The number of allylic oxidation sites excluding steroid dienone is 1. The molecule has 1 saturated heterocycles. The van der Waals surface area contributed by atoms with Crippen molar-refractivity contribution in [3.8, 4) is 17.2 Å². The van der Waals surface area contributed by atoms with Gasteiger partial charge in [-0.05, 0) is 38.5 Å². The number of nitrogens with zero attached hydrogens (tertiary/aromatic N) is 6. The molecule has 8 heteroatoms. The predicted octanol–water partition coefficient (Wildman–Crippen LogP) is 4.60. The molecule has 4 aromatic rings. The summed E-state index contributed by atoms with van der Waals surface area (Å²) in [5, 5.41) is 4.80. The number of aliphatic imine (C=N–C) groups is 1. The molecular formula is C26H26N6O2. The highest BCUT2D eigenvalue weighted by Crippen LogP contribution is 2.37. The number of anilines is 1. The maximum atomic E-state index is 6.42. The van der Waals surface area contributed by atoms with Crippen molar-refractivity contribution in [2.75, 3.05) is 31.2 Å². The molecule has 8 nitrogen and oxygen atoms in total. The Morgan fingerprint density at radius 3 is 2.74 bits per heavy atom. The van der Waals surface area contributed by atoms with Crippen LogP contribution in [0.25, 0.3) is 28.3 Å². The first-order chi connectivity index (χ1) is 16.7. The van der Waals surface area contributed by atoms with Crippen molar-refractivity contribution in [2.24, 2.45) is 4.99 Å². The lowest BCUT2D eigenvalue weighted by molar-refractivity contribution is 0.122. The standard InChI is InChI=1S/C26H26N6O2/c1-17-6-5-7-19(16-17)20-9-11-32(30-20)26-28-22-18(2)23(21-8-3-4-10-27-21)34-24(22)25(29-26)31-12-14-33-15-13-31/h3-7,9-11,16,21H,8,12-15H2,1-2H3. The molecule has 1 fully saturated rings. The predicted molar refractivity (Wildman–Crippen MR) is 132 cm³/mol. The van der Waals surface area contributed by atoms with E-state index < -0.39 is 0 Å². The van der Waals surface area contributed by atoms with Crippen LogP contribution in [-0.2, 0) is 4.74 Å². The van der Waals surface area contributed by atoms with E-state index in [1.165, 1.54) is 5.56 Å². The third-order valence-electron chi connectivity index (χ3n) is 6.34. The molecule has 0 saturated carbocycles. The van der Waals surface area contributed by atoms with Gasteiger partial charge in [0.05, 0.1) is 18.9 Å². The second-order valence-corrected chi connectivity index (χ2v) is 8.71. The zero-order valence-electron chi connectivity index (χ0n) is 19.3. The highest BCUT2D eigenvalue weighted by atomic mass is 16.5. The van der Waals surface area contributed by atoms with Crippen molar-refractivity contribution >= 4 is 23.1 Å². The van der Waals surface area contributed by atoms with Crippen LogP contribution in [0, 0.1) is 13.8 Å². The second kappa shape index (κ2) is 8.53. The van der Waals surface area contributed by atoms with E-state index in [0.717, 1.165) is 53.4 Å². The molecule has 6 rings (SSSR count). The molecule has 0 spiro atoms. The quantitative estimate of drug-likeness (QED) is 0.448. The maximum absolute atomic E-state index is 6.42. The molecule has 2 aliphatic rings. The molecule has 0 amide bonds. The number of aryl methyl sites for hydroxylation is 2. The summed E-state index contributed by atoms with van der Waals surface area (Å²) < 4.78 is 13.7. The molecule has 2 aliphatic heterocycles. The number of rotatable bonds is 4. The van der Waals surface area contributed by atoms with Crippen LogP contribution in [0.3, 0.4) is 0 Å². The minimum Gasteiger partial charge on any atom is -0.453 e. The highest BCUT2D eigenvalue weighted by molar-refractivity contribution is 5.88. The number of fused-ring (bicyclic) bond motifs is 1. The van der Waals surface area contributed by atoms with Gasteiger partial charge in [-0.25, -0.2) is 9.67 Å². The third-order valence-corrected chi connectivity index (χ3v) is 6.34. The van der Waals surface area contributed by atoms with Gasteiger partial charge < -0.3 is 14.1 Å². The Bertz CT molecular complexity index is 1410. The Kier molecular flexibility index (Phi) is 5.22. The van der Waals surface area contributed by atoms with Crippen LogP contribution in [0.5, 0.6) is 0 Å². The van der Waals surface area contributed by atoms with Gasteiger partial charge in [0.2, 0.25) is 0 Å². The average molecular weight is 455 g/mol. The largest absolute Gasteiger partial charge is 0.453 e. The monoisotopic (exact) mass is 454 g/mol. The van der Waals surface area contributed by atoms with Crippen LogP contribution in [0.2, 0.25) is 0 Å². The lowest BCUT2D eigenvalue weighted by Gasteiger charge is -2.27. The van der Waals surface area contributed by atoms with E-state index >= 15 is 0 Å². The molecule has 172 valence electrons. The molecule has 0 radical (unpaired) electrons. The minimum absolute atomic E-state index is 0.0437. The highest BCUT2D eigenvalue weighted by Gasteiger charge is 2.27. The lowest BCUT2D eigenvalue weighted by Crippen LogP contribution is -2.37. The summed E-state index contributed by atoms with van der Waals surface area (Å²) in [6.07, 6.45) is 8.63.